The number of hydroxylamine groups is 2. The van der Waals surface area contributed by atoms with Crippen LogP contribution in [0, 0.1) is 0 Å². The third-order valence-corrected chi connectivity index (χ3v) is 4.83. The summed E-state index contributed by atoms with van der Waals surface area (Å²) in [6.07, 6.45) is 2.22. The number of methoxy groups -OCH3 is 2. The largest absolute Gasteiger partial charge is 0.493 e. The van der Waals surface area contributed by atoms with Crippen molar-refractivity contribution in [3.63, 3.8) is 0 Å². The van der Waals surface area contributed by atoms with Gasteiger partial charge in [0.15, 0.2) is 17.3 Å². The maximum absolute atomic E-state index is 12.2. The molecule has 0 bridgehead atoms. The van der Waals surface area contributed by atoms with Crippen molar-refractivity contribution in [1.82, 2.24) is 15.3 Å². The maximum atomic E-state index is 12.2. The van der Waals surface area contributed by atoms with Gasteiger partial charge in [0.2, 0.25) is 0 Å². The van der Waals surface area contributed by atoms with Gasteiger partial charge in [-0.2, -0.15) is 5.10 Å². The molecule has 3 aromatic rings. The molecule has 0 radical (unpaired) electrons. The number of benzene rings is 2. The van der Waals surface area contributed by atoms with Crippen LogP contribution in [0.5, 0.6) is 11.5 Å². The number of nitrogens with one attached hydrogen (secondary N) is 2. The van der Waals surface area contributed by atoms with E-state index in [9.17, 15) is 4.79 Å². The first-order valence-corrected chi connectivity index (χ1v) is 9.26. The number of carbonyl (C=O) groups excluding carboxylic acids is 1. The summed E-state index contributed by atoms with van der Waals surface area (Å²) in [5.74, 6) is 1.83. The van der Waals surface area contributed by atoms with Gasteiger partial charge in [0, 0.05) is 11.9 Å². The molecule has 0 aliphatic carbocycles. The molecule has 1 aromatic heterocycles. The fraction of sp³-hybridized carbons (Fsp3) is 0.238. The SMILES string of the molecule is COc1ccc(C2=CCN(OC(=O)Nc3n[nH]c4ccccc34)CC2)cc1OC. The molecule has 0 atom stereocenters. The van der Waals surface area contributed by atoms with Crippen molar-refractivity contribution in [3.05, 3.63) is 54.1 Å². The average Bonchev–Trinajstić information content (AvgIpc) is 3.16. The molecule has 150 valence electrons. The minimum atomic E-state index is -0.565. The van der Waals surface area contributed by atoms with E-state index >= 15 is 0 Å². The number of fused-ring (bicyclic) bond motifs is 1. The van der Waals surface area contributed by atoms with E-state index < -0.39 is 6.09 Å². The second kappa shape index (κ2) is 8.24. The molecule has 0 unspecified atom stereocenters. The Kier molecular flexibility index (Phi) is 5.35. The molecular formula is C21H22N4O4. The van der Waals surface area contributed by atoms with Gasteiger partial charge in [-0.25, -0.2) is 4.79 Å². The van der Waals surface area contributed by atoms with Crippen molar-refractivity contribution < 1.29 is 19.1 Å². The molecule has 0 saturated carbocycles. The number of amides is 1. The van der Waals surface area contributed by atoms with Crippen LogP contribution in [0.2, 0.25) is 0 Å². The molecule has 2 N–H and O–H groups in total. The maximum Gasteiger partial charge on any atom is 0.432 e. The zero-order valence-corrected chi connectivity index (χ0v) is 16.3. The van der Waals surface area contributed by atoms with E-state index in [1.54, 1.807) is 19.3 Å². The minimum absolute atomic E-state index is 0.448. The number of rotatable bonds is 5. The summed E-state index contributed by atoms with van der Waals surface area (Å²) >= 11 is 0. The van der Waals surface area contributed by atoms with Crippen LogP contribution >= 0.6 is 0 Å². The van der Waals surface area contributed by atoms with Crippen LogP contribution in [0.4, 0.5) is 10.6 Å². The summed E-state index contributed by atoms with van der Waals surface area (Å²) in [5, 5.41) is 12.1. The standard InChI is InChI=1S/C21H22N4O4/c1-27-18-8-7-15(13-19(18)28-2)14-9-11-25(12-10-14)29-21(26)22-20-16-5-3-4-6-17(16)23-24-20/h3-9,13H,10-12H2,1-2H3,(H2,22,23,24,26). The second-order valence-electron chi connectivity index (χ2n) is 6.56. The lowest BCUT2D eigenvalue weighted by atomic mass is 10.00. The van der Waals surface area contributed by atoms with Crippen LogP contribution in [-0.4, -0.2) is 48.7 Å². The van der Waals surface area contributed by atoms with Crippen LogP contribution in [0.3, 0.4) is 0 Å². The van der Waals surface area contributed by atoms with Gasteiger partial charge >= 0.3 is 6.09 Å². The molecule has 1 aliphatic heterocycles. The third kappa shape index (κ3) is 4.02. The quantitative estimate of drug-likeness (QED) is 0.684. The van der Waals surface area contributed by atoms with E-state index in [1.807, 2.05) is 48.5 Å². The molecule has 1 aliphatic rings. The van der Waals surface area contributed by atoms with Gasteiger partial charge in [-0.1, -0.05) is 24.3 Å². The number of carbonyl (C=O) groups is 1. The number of ether oxygens (including phenoxy) is 2. The van der Waals surface area contributed by atoms with Crippen molar-refractivity contribution in [2.75, 3.05) is 32.6 Å². The molecule has 8 heteroatoms. The Labute approximate surface area is 168 Å². The predicted molar refractivity (Wildman–Crippen MR) is 110 cm³/mol. The number of nitrogens with zero attached hydrogens (tertiary/aromatic N) is 2. The van der Waals surface area contributed by atoms with Gasteiger partial charge in [-0.05, 0) is 41.8 Å². The first kappa shape index (κ1) is 18.8. The van der Waals surface area contributed by atoms with E-state index in [1.165, 1.54) is 5.57 Å². The van der Waals surface area contributed by atoms with E-state index in [-0.39, 0.29) is 0 Å². The first-order valence-electron chi connectivity index (χ1n) is 9.26. The molecule has 1 amide bonds. The highest BCUT2D eigenvalue weighted by Gasteiger charge is 2.19. The highest BCUT2D eigenvalue weighted by molar-refractivity contribution is 5.96. The van der Waals surface area contributed by atoms with Gasteiger partial charge in [-0.3, -0.25) is 10.4 Å². The number of aromatic amines is 1. The number of aromatic nitrogens is 2. The number of H-pyrrole nitrogens is 1. The Balaban J connectivity index is 1.38. The molecule has 8 nitrogen and oxygen atoms in total. The average molecular weight is 394 g/mol. The van der Waals surface area contributed by atoms with Gasteiger partial charge in [0.25, 0.3) is 0 Å². The molecule has 29 heavy (non-hydrogen) atoms. The Hall–Kier alpha value is -3.52. The lowest BCUT2D eigenvalue weighted by molar-refractivity contribution is -0.0851. The molecule has 2 aromatic carbocycles. The minimum Gasteiger partial charge on any atom is -0.493 e. The molecule has 0 spiro atoms. The molecule has 0 saturated heterocycles. The van der Waals surface area contributed by atoms with Crippen LogP contribution in [0.25, 0.3) is 16.5 Å². The van der Waals surface area contributed by atoms with E-state index in [0.717, 1.165) is 22.9 Å². The molecule has 4 rings (SSSR count). The lowest BCUT2D eigenvalue weighted by Gasteiger charge is -2.25. The van der Waals surface area contributed by atoms with Crippen LogP contribution in [0.1, 0.15) is 12.0 Å². The Morgan fingerprint density at radius 1 is 1.14 bits per heavy atom. The van der Waals surface area contributed by atoms with E-state index in [2.05, 4.69) is 15.5 Å². The fourth-order valence-electron chi connectivity index (χ4n) is 3.33. The number of hydrogen-bond donors (Lipinski definition) is 2. The van der Waals surface area contributed by atoms with Crippen molar-refractivity contribution >= 4 is 28.4 Å². The number of para-hydroxylation sites is 1. The van der Waals surface area contributed by atoms with Crippen molar-refractivity contribution in [1.29, 1.82) is 0 Å². The van der Waals surface area contributed by atoms with E-state index in [4.69, 9.17) is 14.3 Å². The van der Waals surface area contributed by atoms with Crippen LogP contribution < -0.4 is 14.8 Å². The first-order chi connectivity index (χ1) is 14.2. The Morgan fingerprint density at radius 2 is 1.97 bits per heavy atom. The zero-order chi connectivity index (χ0) is 20.2. The summed E-state index contributed by atoms with van der Waals surface area (Å²) in [5.41, 5.74) is 3.09. The normalized spacial score (nSPS) is 14.3. The van der Waals surface area contributed by atoms with Crippen molar-refractivity contribution in [2.45, 2.75) is 6.42 Å². The van der Waals surface area contributed by atoms with Crippen molar-refractivity contribution in [2.24, 2.45) is 0 Å². The number of hydrogen-bond acceptors (Lipinski definition) is 6. The molecular weight excluding hydrogens is 372 g/mol. The third-order valence-electron chi connectivity index (χ3n) is 4.83. The highest BCUT2D eigenvalue weighted by Crippen LogP contribution is 2.32. The monoisotopic (exact) mass is 394 g/mol. The topological polar surface area (TPSA) is 88.7 Å². The second-order valence-corrected chi connectivity index (χ2v) is 6.56. The zero-order valence-electron chi connectivity index (χ0n) is 16.3. The Bertz CT molecular complexity index is 1060. The number of anilines is 1. The highest BCUT2D eigenvalue weighted by atomic mass is 16.7. The summed E-state index contributed by atoms with van der Waals surface area (Å²) < 4.78 is 10.7. The molecule has 2 heterocycles. The van der Waals surface area contributed by atoms with Gasteiger partial charge < -0.3 is 14.3 Å². The lowest BCUT2D eigenvalue weighted by Crippen LogP contribution is -2.33. The summed E-state index contributed by atoms with van der Waals surface area (Å²) in [6, 6.07) is 13.4. The fourth-order valence-corrected chi connectivity index (χ4v) is 3.33. The van der Waals surface area contributed by atoms with Gasteiger partial charge in [0.1, 0.15) is 0 Å². The smallest absolute Gasteiger partial charge is 0.432 e. The predicted octanol–water partition coefficient (Wildman–Crippen LogP) is 3.83. The van der Waals surface area contributed by atoms with Gasteiger partial charge in [0.05, 0.1) is 26.3 Å². The summed E-state index contributed by atoms with van der Waals surface area (Å²) in [6.45, 7) is 1.09. The van der Waals surface area contributed by atoms with Crippen LogP contribution in [-0.2, 0) is 4.84 Å². The van der Waals surface area contributed by atoms with Crippen molar-refractivity contribution in [3.8, 4) is 11.5 Å². The summed E-state index contributed by atoms with van der Waals surface area (Å²) in [4.78, 5) is 17.7. The Morgan fingerprint density at radius 3 is 2.72 bits per heavy atom. The molecule has 0 fully saturated rings. The van der Waals surface area contributed by atoms with Gasteiger partial charge in [-0.15, -0.1) is 5.06 Å². The van der Waals surface area contributed by atoms with Crippen LogP contribution in [0.15, 0.2) is 48.5 Å². The summed E-state index contributed by atoms with van der Waals surface area (Å²) in [7, 11) is 3.23. The van der Waals surface area contributed by atoms with E-state index in [0.29, 0.717) is 30.4 Å².